The minimum atomic E-state index is -0.424. The molecule has 0 aromatic heterocycles. The van der Waals surface area contributed by atoms with E-state index in [1.807, 2.05) is 18.2 Å². The van der Waals surface area contributed by atoms with Gasteiger partial charge in [0, 0.05) is 14.2 Å². The summed E-state index contributed by atoms with van der Waals surface area (Å²) in [6.45, 7) is 2.72. The molecular formula is C22H30N4O3. The quantitative estimate of drug-likeness (QED) is 0.584. The molecule has 0 aliphatic heterocycles. The number of fused-ring (bicyclic) bond motifs is 1. The number of nitrogens with zero attached hydrogens (tertiary/aromatic N) is 2. The van der Waals surface area contributed by atoms with Gasteiger partial charge in [0.2, 0.25) is 5.91 Å². The van der Waals surface area contributed by atoms with Crippen LogP contribution >= 0.6 is 0 Å². The Labute approximate surface area is 172 Å². The van der Waals surface area contributed by atoms with Gasteiger partial charge in [-0.15, -0.1) is 0 Å². The van der Waals surface area contributed by atoms with Crippen LogP contribution in [0.2, 0.25) is 0 Å². The van der Waals surface area contributed by atoms with E-state index in [0.29, 0.717) is 18.1 Å². The van der Waals surface area contributed by atoms with Gasteiger partial charge < -0.3 is 15.2 Å². The van der Waals surface area contributed by atoms with E-state index in [1.165, 1.54) is 4.90 Å². The molecule has 7 heteroatoms. The molecule has 1 amide bonds. The Hall–Kier alpha value is -2.43. The third-order valence-corrected chi connectivity index (χ3v) is 6.66. The van der Waals surface area contributed by atoms with Gasteiger partial charge in [-0.2, -0.15) is 5.26 Å². The smallest absolute Gasteiger partial charge is 0.237 e. The second-order valence-corrected chi connectivity index (χ2v) is 8.36. The fourth-order valence-electron chi connectivity index (χ4n) is 5.35. The zero-order chi connectivity index (χ0) is 21.2. The molecule has 1 fully saturated rings. The van der Waals surface area contributed by atoms with Gasteiger partial charge in [0.25, 0.3) is 0 Å². The van der Waals surface area contributed by atoms with E-state index >= 15 is 0 Å². The van der Waals surface area contributed by atoms with E-state index in [-0.39, 0.29) is 29.9 Å². The van der Waals surface area contributed by atoms with Crippen LogP contribution in [0.4, 0.5) is 0 Å². The Balaban J connectivity index is 2.04. The summed E-state index contributed by atoms with van der Waals surface area (Å²) < 4.78 is 10.8. The number of carbonyl (C=O) groups is 1. The van der Waals surface area contributed by atoms with Gasteiger partial charge in [0.15, 0.2) is 5.96 Å². The number of nitrogens with one attached hydrogen (secondary N) is 1. The van der Waals surface area contributed by atoms with E-state index in [4.69, 9.17) is 20.6 Å². The third kappa shape index (κ3) is 3.87. The molecule has 4 atom stereocenters. The van der Waals surface area contributed by atoms with Gasteiger partial charge in [-0.1, -0.05) is 13.0 Å². The molecule has 1 aromatic carbocycles. The first-order valence-corrected chi connectivity index (χ1v) is 10.1. The highest BCUT2D eigenvalue weighted by Gasteiger charge is 2.53. The molecule has 29 heavy (non-hydrogen) atoms. The first-order chi connectivity index (χ1) is 13.9. The standard InChI is InChI=1S/C22H30N4O3/c1-14-11-22(7-6-18(14)29-3)12-16-5-4-15(13-23)10-17(16)19(22)20(27)26(21(24)25)8-9-28-2/h4-5,10,14,18-19H,6-9,11-12H2,1-3H3,(H3,24,25)/t14-,18-,19?,22-/m0/s1. The van der Waals surface area contributed by atoms with E-state index in [9.17, 15) is 10.1 Å². The maximum atomic E-state index is 13.7. The van der Waals surface area contributed by atoms with Crippen molar-refractivity contribution in [1.29, 1.82) is 10.7 Å². The largest absolute Gasteiger partial charge is 0.383 e. The monoisotopic (exact) mass is 398 g/mol. The van der Waals surface area contributed by atoms with Gasteiger partial charge in [0.05, 0.1) is 36.8 Å². The Morgan fingerprint density at radius 1 is 1.45 bits per heavy atom. The van der Waals surface area contributed by atoms with Crippen LogP contribution in [0.3, 0.4) is 0 Å². The molecule has 156 valence electrons. The van der Waals surface area contributed by atoms with Crippen LogP contribution in [-0.4, -0.2) is 50.2 Å². The molecule has 0 saturated heterocycles. The number of nitrogens with two attached hydrogens (primary N) is 1. The molecule has 1 saturated carbocycles. The van der Waals surface area contributed by atoms with Crippen molar-refractivity contribution in [2.24, 2.45) is 17.1 Å². The number of methoxy groups -OCH3 is 2. The lowest BCUT2D eigenvalue weighted by atomic mass is 9.62. The van der Waals surface area contributed by atoms with E-state index in [0.717, 1.165) is 36.8 Å². The normalized spacial score (nSPS) is 28.0. The number of nitriles is 1. The zero-order valence-corrected chi connectivity index (χ0v) is 17.4. The van der Waals surface area contributed by atoms with Crippen LogP contribution in [0.15, 0.2) is 18.2 Å². The predicted octanol–water partition coefficient (Wildman–Crippen LogP) is 2.39. The molecule has 1 spiro atoms. The van der Waals surface area contributed by atoms with E-state index in [2.05, 4.69) is 13.0 Å². The van der Waals surface area contributed by atoms with Crippen LogP contribution < -0.4 is 5.73 Å². The van der Waals surface area contributed by atoms with Crippen LogP contribution in [0.25, 0.3) is 0 Å². The third-order valence-electron chi connectivity index (χ3n) is 6.66. The summed E-state index contributed by atoms with van der Waals surface area (Å²) in [5.41, 5.74) is 8.08. The van der Waals surface area contributed by atoms with Gasteiger partial charge in [-0.3, -0.25) is 15.1 Å². The van der Waals surface area contributed by atoms with Crippen molar-refractivity contribution < 1.29 is 14.3 Å². The average Bonchev–Trinajstić information content (AvgIpc) is 2.99. The molecule has 1 aromatic rings. The highest BCUT2D eigenvalue weighted by molar-refractivity contribution is 5.99. The summed E-state index contributed by atoms with van der Waals surface area (Å²) in [4.78, 5) is 15.0. The van der Waals surface area contributed by atoms with Crippen LogP contribution in [0.5, 0.6) is 0 Å². The van der Waals surface area contributed by atoms with E-state index in [1.54, 1.807) is 14.2 Å². The highest BCUT2D eigenvalue weighted by atomic mass is 16.5. The minimum absolute atomic E-state index is 0.175. The van der Waals surface area contributed by atoms with Crippen molar-refractivity contribution in [3.8, 4) is 6.07 Å². The van der Waals surface area contributed by atoms with Gasteiger partial charge in [0.1, 0.15) is 0 Å². The first-order valence-electron chi connectivity index (χ1n) is 10.1. The number of hydrogen-bond donors (Lipinski definition) is 2. The lowest BCUT2D eigenvalue weighted by Crippen LogP contribution is -2.50. The summed E-state index contributed by atoms with van der Waals surface area (Å²) >= 11 is 0. The SMILES string of the molecule is COCCN(C(=N)N)C(=O)C1c2cc(C#N)ccc2C[C@@]12CC[C@H](OC)[C@@H](C)C2. The van der Waals surface area contributed by atoms with Gasteiger partial charge >= 0.3 is 0 Å². The molecule has 7 nitrogen and oxygen atoms in total. The minimum Gasteiger partial charge on any atom is -0.383 e. The maximum absolute atomic E-state index is 13.7. The average molecular weight is 399 g/mol. The summed E-state index contributed by atoms with van der Waals surface area (Å²) in [6.07, 6.45) is 3.58. The number of hydrogen-bond acceptors (Lipinski definition) is 5. The molecule has 1 unspecified atom stereocenters. The lowest BCUT2D eigenvalue weighted by molar-refractivity contribution is -0.134. The molecule has 2 aliphatic carbocycles. The molecule has 0 heterocycles. The van der Waals surface area contributed by atoms with Crippen molar-refractivity contribution in [3.63, 3.8) is 0 Å². The predicted molar refractivity (Wildman–Crippen MR) is 109 cm³/mol. The molecule has 3 N–H and O–H groups in total. The maximum Gasteiger partial charge on any atom is 0.237 e. The van der Waals surface area contributed by atoms with E-state index < -0.39 is 5.92 Å². The van der Waals surface area contributed by atoms with Gasteiger partial charge in [-0.25, -0.2) is 0 Å². The summed E-state index contributed by atoms with van der Waals surface area (Å²) in [5, 5.41) is 17.3. The molecule has 2 aliphatic rings. The fraction of sp³-hybridized carbons (Fsp3) is 0.591. The summed E-state index contributed by atoms with van der Waals surface area (Å²) in [7, 11) is 3.30. The molecule has 0 bridgehead atoms. The second kappa shape index (κ2) is 8.52. The van der Waals surface area contributed by atoms with Crippen LogP contribution in [0, 0.1) is 28.1 Å². The van der Waals surface area contributed by atoms with Crippen molar-refractivity contribution in [3.05, 3.63) is 34.9 Å². The Morgan fingerprint density at radius 2 is 2.21 bits per heavy atom. The van der Waals surface area contributed by atoms with Gasteiger partial charge in [-0.05, 0) is 60.3 Å². The van der Waals surface area contributed by atoms with Crippen molar-refractivity contribution in [2.75, 3.05) is 27.4 Å². The number of benzene rings is 1. The number of amides is 1. The number of guanidine groups is 1. The topological polar surface area (TPSA) is 112 Å². The molecule has 0 radical (unpaired) electrons. The summed E-state index contributed by atoms with van der Waals surface area (Å²) in [5.74, 6) is -0.553. The lowest BCUT2D eigenvalue weighted by Gasteiger charge is -2.45. The van der Waals surface area contributed by atoms with Crippen molar-refractivity contribution in [1.82, 2.24) is 4.90 Å². The Bertz CT molecular complexity index is 834. The molecule has 3 rings (SSSR count). The number of rotatable bonds is 5. The highest BCUT2D eigenvalue weighted by Crippen LogP contribution is 2.57. The van der Waals surface area contributed by atoms with Crippen LogP contribution in [-0.2, 0) is 20.7 Å². The first kappa shape index (κ1) is 21.3. The Morgan fingerprint density at radius 3 is 2.79 bits per heavy atom. The Kier molecular flexibility index (Phi) is 6.25. The van der Waals surface area contributed by atoms with Crippen LogP contribution in [0.1, 0.15) is 48.8 Å². The number of ether oxygens (including phenoxy) is 2. The number of carbonyl (C=O) groups excluding carboxylic acids is 1. The zero-order valence-electron chi connectivity index (χ0n) is 17.4. The molecular weight excluding hydrogens is 368 g/mol. The van der Waals surface area contributed by atoms with Crippen molar-refractivity contribution in [2.45, 2.75) is 44.6 Å². The summed E-state index contributed by atoms with van der Waals surface area (Å²) in [6, 6.07) is 7.82. The van der Waals surface area contributed by atoms with Crippen molar-refractivity contribution >= 4 is 11.9 Å². The fourth-order valence-corrected chi connectivity index (χ4v) is 5.35. The second-order valence-electron chi connectivity index (χ2n) is 8.36.